The Morgan fingerprint density at radius 2 is 2.11 bits per heavy atom. The molecule has 1 aliphatic rings. The number of carboxylic acid groups (broad SMARTS) is 1. The highest BCUT2D eigenvalue weighted by atomic mass is 16.4. The minimum Gasteiger partial charge on any atom is -0.480 e. The van der Waals surface area contributed by atoms with Gasteiger partial charge < -0.3 is 15.7 Å². The lowest BCUT2D eigenvalue weighted by atomic mass is 10.0. The molecule has 0 spiro atoms. The third-order valence-electron chi connectivity index (χ3n) is 3.59. The van der Waals surface area contributed by atoms with Gasteiger partial charge in [-0.1, -0.05) is 26.2 Å². The molecule has 0 aliphatic carbocycles. The molecule has 104 valence electrons. The molecule has 1 heterocycles. The van der Waals surface area contributed by atoms with Gasteiger partial charge in [-0.25, -0.2) is 4.79 Å². The summed E-state index contributed by atoms with van der Waals surface area (Å²) in [5.41, 5.74) is 5.63. The van der Waals surface area contributed by atoms with Crippen LogP contribution < -0.4 is 5.73 Å². The summed E-state index contributed by atoms with van der Waals surface area (Å²) in [6.45, 7) is 2.86. The number of aliphatic carboxylic acids is 1. The molecule has 1 aliphatic heterocycles. The molecule has 0 radical (unpaired) electrons. The summed E-state index contributed by atoms with van der Waals surface area (Å²) in [6.07, 6.45) is 4.94. The number of carbonyl (C=O) groups is 2. The van der Waals surface area contributed by atoms with Crippen LogP contribution in [0.3, 0.4) is 0 Å². The van der Waals surface area contributed by atoms with E-state index in [1.54, 1.807) is 4.90 Å². The Balaban J connectivity index is 2.80. The fourth-order valence-corrected chi connectivity index (χ4v) is 2.55. The smallest absolute Gasteiger partial charge is 0.326 e. The fourth-order valence-electron chi connectivity index (χ4n) is 2.55. The van der Waals surface area contributed by atoms with E-state index in [1.165, 1.54) is 0 Å². The molecule has 2 unspecified atom stereocenters. The Kier molecular flexibility index (Phi) is 6.12. The largest absolute Gasteiger partial charge is 0.480 e. The average Bonchev–Trinajstić information content (AvgIpc) is 2.60. The van der Waals surface area contributed by atoms with Crippen LogP contribution in [-0.2, 0) is 9.59 Å². The number of rotatable bonds is 5. The van der Waals surface area contributed by atoms with Gasteiger partial charge in [0.15, 0.2) is 0 Å². The van der Waals surface area contributed by atoms with E-state index < -0.39 is 12.0 Å². The van der Waals surface area contributed by atoms with E-state index in [4.69, 9.17) is 5.73 Å². The summed E-state index contributed by atoms with van der Waals surface area (Å²) >= 11 is 0. The Morgan fingerprint density at radius 3 is 2.67 bits per heavy atom. The van der Waals surface area contributed by atoms with E-state index >= 15 is 0 Å². The Bertz CT molecular complexity index is 294. The number of hydrogen-bond acceptors (Lipinski definition) is 3. The molecule has 1 saturated heterocycles. The molecule has 1 fully saturated rings. The van der Waals surface area contributed by atoms with E-state index in [0.29, 0.717) is 19.5 Å². The number of carbonyl (C=O) groups excluding carboxylic acids is 1. The van der Waals surface area contributed by atoms with Crippen LogP contribution in [0.2, 0.25) is 0 Å². The van der Waals surface area contributed by atoms with Gasteiger partial charge >= 0.3 is 5.97 Å². The van der Waals surface area contributed by atoms with Crippen LogP contribution in [0.15, 0.2) is 0 Å². The van der Waals surface area contributed by atoms with E-state index in [0.717, 1.165) is 32.1 Å². The molecule has 5 heteroatoms. The molecular formula is C13H24N2O3. The number of nitrogens with two attached hydrogens (primary N) is 1. The zero-order valence-corrected chi connectivity index (χ0v) is 11.1. The first-order chi connectivity index (χ1) is 8.61. The van der Waals surface area contributed by atoms with E-state index in [-0.39, 0.29) is 11.8 Å². The normalized spacial score (nSPS) is 22.3. The zero-order chi connectivity index (χ0) is 13.5. The average molecular weight is 256 g/mol. The maximum atomic E-state index is 12.4. The summed E-state index contributed by atoms with van der Waals surface area (Å²) in [7, 11) is 0. The zero-order valence-electron chi connectivity index (χ0n) is 11.1. The first-order valence-corrected chi connectivity index (χ1v) is 6.85. The second kappa shape index (κ2) is 7.36. The topological polar surface area (TPSA) is 83.6 Å². The summed E-state index contributed by atoms with van der Waals surface area (Å²) in [5.74, 6) is -1.19. The van der Waals surface area contributed by atoms with Crippen LogP contribution in [0.4, 0.5) is 0 Å². The minimum absolute atomic E-state index is 0.0753. The Morgan fingerprint density at radius 1 is 1.39 bits per heavy atom. The summed E-state index contributed by atoms with van der Waals surface area (Å²) in [6, 6.07) is -0.661. The van der Waals surface area contributed by atoms with Gasteiger partial charge in [-0.15, -0.1) is 0 Å². The van der Waals surface area contributed by atoms with Crippen molar-refractivity contribution >= 4 is 11.9 Å². The van der Waals surface area contributed by atoms with Gasteiger partial charge in [0.1, 0.15) is 6.04 Å². The van der Waals surface area contributed by atoms with Gasteiger partial charge in [0, 0.05) is 13.1 Å². The highest BCUT2D eigenvalue weighted by Crippen LogP contribution is 2.20. The predicted octanol–water partition coefficient (Wildman–Crippen LogP) is 1.22. The number of amides is 1. The van der Waals surface area contributed by atoms with Crippen LogP contribution in [0.1, 0.15) is 45.4 Å². The lowest BCUT2D eigenvalue weighted by molar-refractivity contribution is -0.152. The predicted molar refractivity (Wildman–Crippen MR) is 69.1 cm³/mol. The third-order valence-corrected chi connectivity index (χ3v) is 3.59. The minimum atomic E-state index is -0.891. The number of carboxylic acids is 1. The molecule has 0 aromatic heterocycles. The van der Waals surface area contributed by atoms with Crippen LogP contribution in [0, 0.1) is 5.92 Å². The molecule has 0 aromatic carbocycles. The van der Waals surface area contributed by atoms with Crippen molar-refractivity contribution in [2.24, 2.45) is 11.7 Å². The van der Waals surface area contributed by atoms with Crippen molar-refractivity contribution in [3.63, 3.8) is 0 Å². The van der Waals surface area contributed by atoms with Crippen LogP contribution >= 0.6 is 0 Å². The number of likely N-dealkylation sites (tertiary alicyclic amines) is 1. The van der Waals surface area contributed by atoms with Crippen LogP contribution in [0.5, 0.6) is 0 Å². The standard InChI is InChI=1S/C13H24N2O3/c1-2-6-10(9-14)12(16)15-8-5-3-4-7-11(15)13(17)18/h10-11H,2-9,14H2,1H3,(H,17,18). The monoisotopic (exact) mass is 256 g/mol. The van der Waals surface area contributed by atoms with Gasteiger partial charge in [0.05, 0.1) is 5.92 Å². The van der Waals surface area contributed by atoms with Crippen molar-refractivity contribution < 1.29 is 14.7 Å². The molecule has 5 nitrogen and oxygen atoms in total. The first kappa shape index (κ1) is 15.0. The van der Waals surface area contributed by atoms with Gasteiger partial charge in [-0.2, -0.15) is 0 Å². The quantitative estimate of drug-likeness (QED) is 0.774. The van der Waals surface area contributed by atoms with Crippen molar-refractivity contribution in [3.8, 4) is 0 Å². The molecule has 1 amide bonds. The van der Waals surface area contributed by atoms with E-state index in [1.807, 2.05) is 6.92 Å². The van der Waals surface area contributed by atoms with Gasteiger partial charge in [-0.05, 0) is 19.3 Å². The second-order valence-electron chi connectivity index (χ2n) is 4.96. The molecule has 0 saturated carbocycles. The summed E-state index contributed by atoms with van der Waals surface area (Å²) < 4.78 is 0. The maximum absolute atomic E-state index is 12.4. The van der Waals surface area contributed by atoms with Crippen molar-refractivity contribution in [1.29, 1.82) is 0 Å². The van der Waals surface area contributed by atoms with E-state index in [2.05, 4.69) is 0 Å². The molecule has 3 N–H and O–H groups in total. The molecule has 18 heavy (non-hydrogen) atoms. The maximum Gasteiger partial charge on any atom is 0.326 e. The summed E-state index contributed by atoms with van der Waals surface area (Å²) in [5, 5.41) is 9.24. The fraction of sp³-hybridized carbons (Fsp3) is 0.846. The van der Waals surface area contributed by atoms with Crippen molar-refractivity contribution in [2.75, 3.05) is 13.1 Å². The van der Waals surface area contributed by atoms with Gasteiger partial charge in [0.25, 0.3) is 0 Å². The third kappa shape index (κ3) is 3.70. The van der Waals surface area contributed by atoms with Crippen molar-refractivity contribution in [3.05, 3.63) is 0 Å². The molecule has 1 rings (SSSR count). The number of hydrogen-bond donors (Lipinski definition) is 2. The van der Waals surface area contributed by atoms with E-state index in [9.17, 15) is 14.7 Å². The lowest BCUT2D eigenvalue weighted by Gasteiger charge is -2.30. The van der Waals surface area contributed by atoms with Crippen molar-refractivity contribution in [1.82, 2.24) is 4.90 Å². The summed E-state index contributed by atoms with van der Waals surface area (Å²) in [4.78, 5) is 25.2. The van der Waals surface area contributed by atoms with Gasteiger partial charge in [-0.3, -0.25) is 4.79 Å². The molecule has 2 atom stereocenters. The van der Waals surface area contributed by atoms with Gasteiger partial charge in [0.2, 0.25) is 5.91 Å². The first-order valence-electron chi connectivity index (χ1n) is 6.85. The molecule has 0 aromatic rings. The Hall–Kier alpha value is -1.10. The lowest BCUT2D eigenvalue weighted by Crippen LogP contribution is -2.48. The Labute approximate surface area is 108 Å². The SMILES string of the molecule is CCCC(CN)C(=O)N1CCCCCC1C(=O)O. The van der Waals surface area contributed by atoms with Crippen LogP contribution in [0.25, 0.3) is 0 Å². The molecular weight excluding hydrogens is 232 g/mol. The highest BCUT2D eigenvalue weighted by Gasteiger charge is 2.33. The number of nitrogens with zero attached hydrogens (tertiary/aromatic N) is 1. The van der Waals surface area contributed by atoms with Crippen LogP contribution in [-0.4, -0.2) is 41.0 Å². The highest BCUT2D eigenvalue weighted by molar-refractivity contribution is 5.85. The molecule has 0 bridgehead atoms. The van der Waals surface area contributed by atoms with Crippen molar-refractivity contribution in [2.45, 2.75) is 51.5 Å². The second-order valence-corrected chi connectivity index (χ2v) is 4.96.